The summed E-state index contributed by atoms with van der Waals surface area (Å²) < 4.78 is 5.14. The van der Waals surface area contributed by atoms with Crippen molar-refractivity contribution < 1.29 is 9.53 Å². The average molecular weight is 329 g/mol. The molecule has 3 rings (SSSR count). The van der Waals surface area contributed by atoms with E-state index in [9.17, 15) is 4.79 Å². The molecule has 0 amide bonds. The molecule has 2 atom stereocenters. The Morgan fingerprint density at radius 2 is 2.00 bits per heavy atom. The summed E-state index contributed by atoms with van der Waals surface area (Å²) >= 11 is 0. The maximum Gasteiger partial charge on any atom is 0.309 e. The van der Waals surface area contributed by atoms with Crippen LogP contribution in [-0.2, 0) is 9.53 Å². The summed E-state index contributed by atoms with van der Waals surface area (Å²) in [4.78, 5) is 18.5. The molecule has 0 bridgehead atoms. The summed E-state index contributed by atoms with van der Waals surface area (Å²) in [6.45, 7) is 4.03. The number of guanidine groups is 1. The van der Waals surface area contributed by atoms with Gasteiger partial charge in [-0.15, -0.1) is 0 Å². The summed E-state index contributed by atoms with van der Waals surface area (Å²) in [5.74, 6) is 1.53. The molecule has 2 fully saturated rings. The average Bonchev–Trinajstić information content (AvgIpc) is 3.40. The van der Waals surface area contributed by atoms with E-state index in [0.29, 0.717) is 18.6 Å². The Hall–Kier alpha value is -2.04. The second-order valence-corrected chi connectivity index (χ2v) is 6.56. The van der Waals surface area contributed by atoms with Crippen LogP contribution in [0, 0.1) is 5.92 Å². The summed E-state index contributed by atoms with van der Waals surface area (Å²) in [7, 11) is 1.83. The number of hydrogen-bond acceptors (Lipinski definition) is 3. The van der Waals surface area contributed by atoms with Crippen molar-refractivity contribution in [3.8, 4) is 0 Å². The molecule has 1 N–H and O–H groups in total. The van der Waals surface area contributed by atoms with Crippen LogP contribution >= 0.6 is 0 Å². The third kappa shape index (κ3) is 3.89. The number of esters is 1. The summed E-state index contributed by atoms with van der Waals surface area (Å²) in [5.41, 5.74) is 1.39. The zero-order valence-corrected chi connectivity index (χ0v) is 14.6. The van der Waals surface area contributed by atoms with Crippen LogP contribution in [0.1, 0.15) is 37.7 Å². The predicted molar refractivity (Wildman–Crippen MR) is 95.0 cm³/mol. The van der Waals surface area contributed by atoms with E-state index in [0.717, 1.165) is 38.3 Å². The summed E-state index contributed by atoms with van der Waals surface area (Å²) in [6, 6.07) is 11.1. The summed E-state index contributed by atoms with van der Waals surface area (Å²) in [5, 5.41) is 3.59. The van der Waals surface area contributed by atoms with Crippen LogP contribution in [0.5, 0.6) is 0 Å². The third-order valence-corrected chi connectivity index (χ3v) is 4.96. The lowest BCUT2D eigenvalue weighted by Crippen LogP contribution is -2.47. The molecule has 5 heteroatoms. The van der Waals surface area contributed by atoms with E-state index in [4.69, 9.17) is 4.74 Å². The second kappa shape index (κ2) is 7.69. The van der Waals surface area contributed by atoms with E-state index in [-0.39, 0.29) is 11.9 Å². The molecule has 24 heavy (non-hydrogen) atoms. The number of aliphatic imine (C=N–C) groups is 1. The van der Waals surface area contributed by atoms with Crippen molar-refractivity contribution in [2.24, 2.45) is 10.9 Å². The molecule has 1 aromatic rings. The first-order valence-electron chi connectivity index (χ1n) is 8.92. The maximum absolute atomic E-state index is 11.8. The van der Waals surface area contributed by atoms with Gasteiger partial charge in [-0.05, 0) is 31.7 Å². The van der Waals surface area contributed by atoms with Crippen molar-refractivity contribution >= 4 is 11.9 Å². The van der Waals surface area contributed by atoms with Gasteiger partial charge in [0.05, 0.1) is 12.5 Å². The minimum atomic E-state index is -0.0496. The third-order valence-electron chi connectivity index (χ3n) is 4.96. The van der Waals surface area contributed by atoms with Gasteiger partial charge in [-0.1, -0.05) is 30.3 Å². The highest BCUT2D eigenvalue weighted by Crippen LogP contribution is 2.40. The zero-order valence-electron chi connectivity index (χ0n) is 14.6. The van der Waals surface area contributed by atoms with Gasteiger partial charge in [0, 0.05) is 32.1 Å². The molecule has 1 aliphatic heterocycles. The number of likely N-dealkylation sites (tertiary alicyclic amines) is 1. The molecule has 1 aliphatic carbocycles. The first-order valence-corrected chi connectivity index (χ1v) is 8.92. The number of piperidine rings is 1. The number of nitrogens with one attached hydrogen (secondary N) is 1. The van der Waals surface area contributed by atoms with E-state index in [1.54, 1.807) is 0 Å². The zero-order chi connectivity index (χ0) is 16.9. The van der Waals surface area contributed by atoms with Crippen LogP contribution in [-0.4, -0.2) is 49.6 Å². The standard InChI is InChI=1S/C19H27N3O2/c1-3-24-18(23)15-9-11-22(12-10-15)19(20-2)21-17-13-16(17)14-7-5-4-6-8-14/h4-8,15-17H,3,9-13H2,1-2H3,(H,20,21). The molecule has 1 saturated heterocycles. The van der Waals surface area contributed by atoms with E-state index >= 15 is 0 Å². The highest BCUT2D eigenvalue weighted by atomic mass is 16.5. The predicted octanol–water partition coefficient (Wildman–Crippen LogP) is 2.39. The first kappa shape index (κ1) is 16.8. The van der Waals surface area contributed by atoms with Crippen LogP contribution in [0.15, 0.2) is 35.3 Å². The van der Waals surface area contributed by atoms with Gasteiger partial charge in [0.2, 0.25) is 0 Å². The van der Waals surface area contributed by atoms with Crippen LogP contribution in [0.25, 0.3) is 0 Å². The quantitative estimate of drug-likeness (QED) is 0.523. The number of ether oxygens (including phenoxy) is 1. The lowest BCUT2D eigenvalue weighted by atomic mass is 9.97. The van der Waals surface area contributed by atoms with Crippen molar-refractivity contribution in [3.63, 3.8) is 0 Å². The van der Waals surface area contributed by atoms with Crippen LogP contribution in [0.2, 0.25) is 0 Å². The summed E-state index contributed by atoms with van der Waals surface area (Å²) in [6.07, 6.45) is 2.83. The van der Waals surface area contributed by atoms with E-state index < -0.39 is 0 Å². The lowest BCUT2D eigenvalue weighted by Gasteiger charge is -2.33. The Morgan fingerprint density at radius 3 is 2.62 bits per heavy atom. The van der Waals surface area contributed by atoms with Gasteiger partial charge >= 0.3 is 5.97 Å². The fourth-order valence-corrected chi connectivity index (χ4v) is 3.47. The first-order chi connectivity index (χ1) is 11.7. The number of hydrogen-bond donors (Lipinski definition) is 1. The lowest BCUT2D eigenvalue weighted by molar-refractivity contribution is -0.149. The van der Waals surface area contributed by atoms with E-state index in [1.165, 1.54) is 5.56 Å². The van der Waals surface area contributed by atoms with Gasteiger partial charge < -0.3 is 15.0 Å². The van der Waals surface area contributed by atoms with Gasteiger partial charge in [-0.3, -0.25) is 9.79 Å². The van der Waals surface area contributed by atoms with Crippen molar-refractivity contribution in [2.75, 3.05) is 26.7 Å². The topological polar surface area (TPSA) is 53.9 Å². The number of carbonyl (C=O) groups excluding carboxylic acids is 1. The molecule has 130 valence electrons. The molecule has 2 unspecified atom stereocenters. The van der Waals surface area contributed by atoms with Crippen LogP contribution in [0.4, 0.5) is 0 Å². The van der Waals surface area contributed by atoms with Crippen molar-refractivity contribution in [2.45, 2.75) is 38.1 Å². The number of benzene rings is 1. The van der Waals surface area contributed by atoms with E-state index in [1.807, 2.05) is 14.0 Å². The molecular formula is C19H27N3O2. The van der Waals surface area contributed by atoms with Crippen molar-refractivity contribution in [1.82, 2.24) is 10.2 Å². The molecule has 0 aromatic heterocycles. The smallest absolute Gasteiger partial charge is 0.309 e. The van der Waals surface area contributed by atoms with Gasteiger partial charge in [0.1, 0.15) is 0 Å². The maximum atomic E-state index is 11.8. The molecule has 5 nitrogen and oxygen atoms in total. The Morgan fingerprint density at radius 1 is 1.29 bits per heavy atom. The minimum absolute atomic E-state index is 0.0392. The van der Waals surface area contributed by atoms with Crippen molar-refractivity contribution in [1.29, 1.82) is 0 Å². The molecule has 1 saturated carbocycles. The Labute approximate surface area is 144 Å². The van der Waals surface area contributed by atoms with Gasteiger partial charge in [0.15, 0.2) is 5.96 Å². The molecular weight excluding hydrogens is 302 g/mol. The second-order valence-electron chi connectivity index (χ2n) is 6.56. The molecule has 0 radical (unpaired) electrons. The van der Waals surface area contributed by atoms with Crippen LogP contribution in [0.3, 0.4) is 0 Å². The highest BCUT2D eigenvalue weighted by molar-refractivity contribution is 5.81. The highest BCUT2D eigenvalue weighted by Gasteiger charge is 2.40. The fourth-order valence-electron chi connectivity index (χ4n) is 3.47. The monoisotopic (exact) mass is 329 g/mol. The fraction of sp³-hybridized carbons (Fsp3) is 0.579. The number of nitrogens with zero attached hydrogens (tertiary/aromatic N) is 2. The van der Waals surface area contributed by atoms with Crippen LogP contribution < -0.4 is 5.32 Å². The minimum Gasteiger partial charge on any atom is -0.466 e. The SMILES string of the molecule is CCOC(=O)C1CCN(C(=NC)NC2CC2c2ccccc2)CC1. The Balaban J connectivity index is 1.49. The number of rotatable bonds is 4. The number of carbonyl (C=O) groups is 1. The molecule has 1 aromatic carbocycles. The Kier molecular flexibility index (Phi) is 5.38. The normalized spacial score (nSPS) is 24.6. The van der Waals surface area contributed by atoms with E-state index in [2.05, 4.69) is 45.5 Å². The van der Waals surface area contributed by atoms with Gasteiger partial charge in [-0.25, -0.2) is 0 Å². The van der Waals surface area contributed by atoms with Gasteiger partial charge in [0.25, 0.3) is 0 Å². The van der Waals surface area contributed by atoms with Crippen molar-refractivity contribution in [3.05, 3.63) is 35.9 Å². The molecule has 1 heterocycles. The molecule has 0 spiro atoms. The Bertz CT molecular complexity index is 580. The molecule has 2 aliphatic rings. The van der Waals surface area contributed by atoms with Gasteiger partial charge in [-0.2, -0.15) is 0 Å². The largest absolute Gasteiger partial charge is 0.466 e.